The lowest BCUT2D eigenvalue weighted by atomic mass is 10.1. The molecule has 5 heteroatoms. The monoisotopic (exact) mass is 288 g/mol. The zero-order valence-electron chi connectivity index (χ0n) is 11.0. The lowest BCUT2D eigenvalue weighted by Crippen LogP contribution is -2.30. The van der Waals surface area contributed by atoms with Crippen molar-refractivity contribution in [2.75, 3.05) is 12.3 Å². The normalized spacial score (nSPS) is 18.4. The molecule has 1 fully saturated rings. The smallest absolute Gasteiger partial charge is 0.258 e. The summed E-state index contributed by atoms with van der Waals surface area (Å²) in [5.41, 5.74) is 7.36. The first-order chi connectivity index (χ1) is 9.68. The van der Waals surface area contributed by atoms with Gasteiger partial charge < -0.3 is 15.7 Å². The molecule has 20 heavy (non-hydrogen) atoms. The maximum absolute atomic E-state index is 12.6. The number of nitrogens with two attached hydrogens (primary N) is 1. The molecule has 3 rings (SSSR count). The van der Waals surface area contributed by atoms with Gasteiger partial charge >= 0.3 is 0 Å². The molecule has 3 N–H and O–H groups in total. The quantitative estimate of drug-likeness (QED) is 0.659. The molecule has 1 saturated heterocycles. The van der Waals surface area contributed by atoms with Crippen molar-refractivity contribution in [3.63, 3.8) is 0 Å². The van der Waals surface area contributed by atoms with E-state index in [0.29, 0.717) is 6.54 Å². The number of rotatable bonds is 2. The number of hydrogen-bond donors (Lipinski definition) is 2. The molecule has 1 atom stereocenters. The first-order valence-corrected chi connectivity index (χ1v) is 7.53. The minimum Gasteiger partial charge on any atom is -0.505 e. The average molecular weight is 288 g/mol. The summed E-state index contributed by atoms with van der Waals surface area (Å²) in [7, 11) is 0. The highest BCUT2D eigenvalue weighted by Gasteiger charge is 2.32. The molecule has 0 saturated carbocycles. The van der Waals surface area contributed by atoms with E-state index < -0.39 is 0 Å². The Kier molecular flexibility index (Phi) is 3.36. The van der Waals surface area contributed by atoms with E-state index in [2.05, 4.69) is 11.4 Å². The van der Waals surface area contributed by atoms with Gasteiger partial charge in [0.1, 0.15) is 0 Å². The van der Waals surface area contributed by atoms with Crippen molar-refractivity contribution < 1.29 is 9.90 Å². The highest BCUT2D eigenvalue weighted by atomic mass is 32.1. The van der Waals surface area contributed by atoms with Crippen molar-refractivity contribution in [3.8, 4) is 5.75 Å². The van der Waals surface area contributed by atoms with E-state index >= 15 is 0 Å². The van der Waals surface area contributed by atoms with Crippen molar-refractivity contribution in [1.82, 2.24) is 4.90 Å². The Labute approximate surface area is 121 Å². The second-order valence-electron chi connectivity index (χ2n) is 4.96. The molecular formula is C15H16N2O2S. The summed E-state index contributed by atoms with van der Waals surface area (Å²) in [6.45, 7) is 0.716. The number of carbonyl (C=O) groups is 1. The third kappa shape index (κ3) is 2.14. The van der Waals surface area contributed by atoms with Crippen molar-refractivity contribution >= 4 is 22.9 Å². The van der Waals surface area contributed by atoms with Gasteiger partial charge in [-0.2, -0.15) is 11.3 Å². The third-order valence-corrected chi connectivity index (χ3v) is 4.44. The van der Waals surface area contributed by atoms with E-state index in [1.54, 1.807) is 29.5 Å². The summed E-state index contributed by atoms with van der Waals surface area (Å²) in [6, 6.07) is 7.07. The Bertz CT molecular complexity index is 625. The van der Waals surface area contributed by atoms with Crippen molar-refractivity contribution in [2.45, 2.75) is 18.9 Å². The molecule has 1 aromatic heterocycles. The van der Waals surface area contributed by atoms with Crippen LogP contribution in [0.25, 0.3) is 0 Å². The minimum atomic E-state index is -0.150. The van der Waals surface area contributed by atoms with Crippen LogP contribution in [0.3, 0.4) is 0 Å². The molecule has 1 aliphatic rings. The van der Waals surface area contributed by atoms with Gasteiger partial charge in [-0.05, 0) is 47.4 Å². The van der Waals surface area contributed by atoms with Gasteiger partial charge in [-0.1, -0.05) is 6.07 Å². The summed E-state index contributed by atoms with van der Waals surface area (Å²) >= 11 is 1.63. The highest BCUT2D eigenvalue weighted by Crippen LogP contribution is 2.36. The van der Waals surface area contributed by atoms with E-state index in [-0.39, 0.29) is 28.9 Å². The molecule has 1 unspecified atom stereocenters. The number of aromatic hydroxyl groups is 1. The number of anilines is 1. The lowest BCUT2D eigenvalue weighted by molar-refractivity contribution is 0.0733. The Balaban J connectivity index is 1.92. The number of hydrogen-bond acceptors (Lipinski definition) is 4. The number of carbonyl (C=O) groups excluding carboxylic acids is 1. The van der Waals surface area contributed by atoms with Crippen LogP contribution in [0.5, 0.6) is 5.75 Å². The molecule has 0 bridgehead atoms. The van der Waals surface area contributed by atoms with E-state index in [1.807, 2.05) is 10.3 Å². The van der Waals surface area contributed by atoms with Crippen LogP contribution < -0.4 is 5.73 Å². The Morgan fingerprint density at radius 2 is 2.25 bits per heavy atom. The number of nitrogens with zero attached hydrogens (tertiary/aromatic N) is 1. The fraction of sp³-hybridized carbons (Fsp3) is 0.267. The van der Waals surface area contributed by atoms with Gasteiger partial charge in [-0.25, -0.2) is 0 Å². The molecule has 1 aromatic carbocycles. The van der Waals surface area contributed by atoms with E-state index in [4.69, 9.17) is 5.73 Å². The standard InChI is InChI=1S/C15H16N2O2S/c16-12-4-1-3-11(14(12)18)15(19)17-7-2-5-13(17)10-6-8-20-9-10/h1,3-4,6,8-9,13,18H,2,5,7,16H2. The summed E-state index contributed by atoms with van der Waals surface area (Å²) in [4.78, 5) is 14.5. The van der Waals surface area contributed by atoms with Crippen LogP contribution in [-0.4, -0.2) is 22.5 Å². The number of benzene rings is 1. The molecule has 0 aliphatic carbocycles. The Morgan fingerprint density at radius 1 is 1.40 bits per heavy atom. The fourth-order valence-corrected chi connectivity index (χ4v) is 3.42. The van der Waals surface area contributed by atoms with Crippen LogP contribution in [0.15, 0.2) is 35.0 Å². The van der Waals surface area contributed by atoms with Gasteiger partial charge in [0.2, 0.25) is 0 Å². The number of para-hydroxylation sites is 1. The lowest BCUT2D eigenvalue weighted by Gasteiger charge is -2.24. The van der Waals surface area contributed by atoms with Crippen LogP contribution in [-0.2, 0) is 0 Å². The molecule has 104 valence electrons. The molecule has 4 nitrogen and oxygen atoms in total. The number of nitrogen functional groups attached to an aromatic ring is 1. The molecule has 1 aliphatic heterocycles. The largest absolute Gasteiger partial charge is 0.505 e. The molecule has 1 amide bonds. The van der Waals surface area contributed by atoms with Gasteiger partial charge in [-0.15, -0.1) is 0 Å². The summed E-state index contributed by atoms with van der Waals surface area (Å²) < 4.78 is 0. The first-order valence-electron chi connectivity index (χ1n) is 6.59. The van der Waals surface area contributed by atoms with Crippen molar-refractivity contribution in [2.24, 2.45) is 0 Å². The van der Waals surface area contributed by atoms with Gasteiger partial charge in [0, 0.05) is 6.54 Å². The van der Waals surface area contributed by atoms with E-state index in [0.717, 1.165) is 12.8 Å². The van der Waals surface area contributed by atoms with Crippen LogP contribution in [0, 0.1) is 0 Å². The van der Waals surface area contributed by atoms with Crippen molar-refractivity contribution in [3.05, 3.63) is 46.2 Å². The number of phenols is 1. The SMILES string of the molecule is Nc1cccc(C(=O)N2CCCC2c2ccsc2)c1O. The van der Waals surface area contributed by atoms with Crippen LogP contribution >= 0.6 is 11.3 Å². The molecule has 0 radical (unpaired) electrons. The minimum absolute atomic E-state index is 0.106. The Hall–Kier alpha value is -2.01. The predicted molar refractivity (Wildman–Crippen MR) is 79.8 cm³/mol. The average Bonchev–Trinajstić information content (AvgIpc) is 3.10. The van der Waals surface area contributed by atoms with E-state index in [9.17, 15) is 9.90 Å². The summed E-state index contributed by atoms with van der Waals surface area (Å²) in [6.07, 6.45) is 1.95. The maximum Gasteiger partial charge on any atom is 0.258 e. The second-order valence-corrected chi connectivity index (χ2v) is 5.74. The highest BCUT2D eigenvalue weighted by molar-refractivity contribution is 7.07. The van der Waals surface area contributed by atoms with Crippen molar-refractivity contribution in [1.29, 1.82) is 0 Å². The van der Waals surface area contributed by atoms with Gasteiger partial charge in [-0.3, -0.25) is 4.79 Å². The first kappa shape index (κ1) is 13.0. The number of phenolic OH excluding ortho intramolecular Hbond substituents is 1. The molecule has 2 heterocycles. The van der Waals surface area contributed by atoms with Crippen LogP contribution in [0.4, 0.5) is 5.69 Å². The van der Waals surface area contributed by atoms with Crippen LogP contribution in [0.2, 0.25) is 0 Å². The molecule has 2 aromatic rings. The topological polar surface area (TPSA) is 66.6 Å². The van der Waals surface area contributed by atoms with E-state index in [1.165, 1.54) is 5.56 Å². The number of amides is 1. The van der Waals surface area contributed by atoms with Gasteiger partial charge in [0.05, 0.1) is 17.3 Å². The summed E-state index contributed by atoms with van der Waals surface area (Å²) in [5.74, 6) is -0.267. The van der Waals surface area contributed by atoms with Gasteiger partial charge in [0.25, 0.3) is 5.91 Å². The Morgan fingerprint density at radius 3 is 3.00 bits per heavy atom. The number of likely N-dealkylation sites (tertiary alicyclic amines) is 1. The fourth-order valence-electron chi connectivity index (χ4n) is 2.71. The summed E-state index contributed by atoms with van der Waals surface area (Å²) in [5, 5.41) is 14.1. The van der Waals surface area contributed by atoms with Gasteiger partial charge in [0.15, 0.2) is 5.75 Å². The zero-order valence-corrected chi connectivity index (χ0v) is 11.8. The number of thiophene rings is 1. The molecule has 0 spiro atoms. The third-order valence-electron chi connectivity index (χ3n) is 3.74. The maximum atomic E-state index is 12.6. The second kappa shape index (κ2) is 5.17. The zero-order chi connectivity index (χ0) is 14.1. The predicted octanol–water partition coefficient (Wildman–Crippen LogP) is 3.01. The molecular weight excluding hydrogens is 272 g/mol. The van der Waals surface area contributed by atoms with Crippen LogP contribution in [0.1, 0.15) is 34.8 Å².